The standard InChI is InChI=1S/C11H7BrClF2NS/c12-5-1-2-7(14)8(9(5)15)10(16)11-6(13)3-4-17-11/h1-4,10H,16H2. The summed E-state index contributed by atoms with van der Waals surface area (Å²) < 4.78 is 27.6. The first kappa shape index (κ1) is 13.0. The molecule has 0 spiro atoms. The van der Waals surface area contributed by atoms with E-state index < -0.39 is 17.7 Å². The molecule has 0 saturated heterocycles. The summed E-state index contributed by atoms with van der Waals surface area (Å²) in [5, 5.41) is 2.15. The van der Waals surface area contributed by atoms with Crippen molar-refractivity contribution < 1.29 is 8.78 Å². The van der Waals surface area contributed by atoms with Crippen molar-refractivity contribution in [3.8, 4) is 0 Å². The Kier molecular flexibility index (Phi) is 3.82. The second-order valence-corrected chi connectivity index (χ2v) is 5.58. The zero-order valence-corrected chi connectivity index (χ0v) is 11.5. The predicted octanol–water partition coefficient (Wildman–Crippen LogP) is 4.49. The zero-order valence-electron chi connectivity index (χ0n) is 8.38. The van der Waals surface area contributed by atoms with Crippen LogP contribution >= 0.6 is 38.9 Å². The lowest BCUT2D eigenvalue weighted by Gasteiger charge is -2.13. The van der Waals surface area contributed by atoms with Crippen LogP contribution in [0.25, 0.3) is 0 Å². The molecule has 0 amide bonds. The van der Waals surface area contributed by atoms with Crippen LogP contribution < -0.4 is 5.73 Å². The van der Waals surface area contributed by atoms with Gasteiger partial charge in [-0.05, 0) is 39.5 Å². The van der Waals surface area contributed by atoms with Gasteiger partial charge in [-0.15, -0.1) is 11.3 Å². The van der Waals surface area contributed by atoms with Gasteiger partial charge in [0.2, 0.25) is 0 Å². The lowest BCUT2D eigenvalue weighted by atomic mass is 10.0. The van der Waals surface area contributed by atoms with Crippen molar-refractivity contribution in [2.75, 3.05) is 0 Å². The third-order valence-electron chi connectivity index (χ3n) is 2.32. The molecule has 0 aliphatic carbocycles. The van der Waals surface area contributed by atoms with E-state index in [-0.39, 0.29) is 10.0 Å². The molecule has 1 aromatic heterocycles. The van der Waals surface area contributed by atoms with E-state index >= 15 is 0 Å². The quantitative estimate of drug-likeness (QED) is 0.802. The van der Waals surface area contributed by atoms with E-state index in [9.17, 15) is 8.78 Å². The normalized spacial score (nSPS) is 12.8. The maximum atomic E-state index is 13.8. The highest BCUT2D eigenvalue weighted by molar-refractivity contribution is 9.10. The molecule has 1 nitrogen and oxygen atoms in total. The van der Waals surface area contributed by atoms with Crippen LogP contribution in [-0.4, -0.2) is 0 Å². The van der Waals surface area contributed by atoms with E-state index in [1.165, 1.54) is 23.5 Å². The van der Waals surface area contributed by atoms with Crippen LogP contribution in [0.3, 0.4) is 0 Å². The van der Waals surface area contributed by atoms with Crippen LogP contribution in [0, 0.1) is 11.6 Å². The molecule has 0 aliphatic heterocycles. The number of halogens is 4. The molecular weight excluding hydrogens is 332 g/mol. The van der Waals surface area contributed by atoms with Gasteiger partial charge in [-0.3, -0.25) is 0 Å². The molecule has 1 atom stereocenters. The molecular formula is C11H7BrClF2NS. The van der Waals surface area contributed by atoms with Gasteiger partial charge in [-0.25, -0.2) is 8.78 Å². The highest BCUT2D eigenvalue weighted by atomic mass is 79.9. The summed E-state index contributed by atoms with van der Waals surface area (Å²) in [5.41, 5.74) is 5.68. The van der Waals surface area contributed by atoms with Gasteiger partial charge >= 0.3 is 0 Å². The maximum absolute atomic E-state index is 13.8. The molecule has 1 unspecified atom stereocenters. The van der Waals surface area contributed by atoms with Crippen LogP contribution in [0.1, 0.15) is 16.5 Å². The summed E-state index contributed by atoms with van der Waals surface area (Å²) in [6.45, 7) is 0. The number of benzene rings is 1. The third-order valence-corrected chi connectivity index (χ3v) is 4.37. The van der Waals surface area contributed by atoms with E-state index in [4.69, 9.17) is 17.3 Å². The summed E-state index contributed by atoms with van der Waals surface area (Å²) in [4.78, 5) is 0.544. The minimum atomic E-state index is -0.903. The fourth-order valence-corrected chi connectivity index (χ4v) is 3.02. The molecule has 17 heavy (non-hydrogen) atoms. The highest BCUT2D eigenvalue weighted by Gasteiger charge is 2.22. The second-order valence-electron chi connectivity index (χ2n) is 3.37. The lowest BCUT2D eigenvalue weighted by molar-refractivity contribution is 0.541. The topological polar surface area (TPSA) is 26.0 Å². The molecule has 2 aromatic rings. The van der Waals surface area contributed by atoms with Crippen LogP contribution in [0.2, 0.25) is 5.02 Å². The second kappa shape index (κ2) is 5.02. The first-order valence-corrected chi connectivity index (χ1v) is 6.69. The molecule has 2 N–H and O–H groups in total. The van der Waals surface area contributed by atoms with Crippen molar-refractivity contribution in [1.29, 1.82) is 0 Å². The molecule has 0 fully saturated rings. The smallest absolute Gasteiger partial charge is 0.145 e. The molecule has 1 aromatic carbocycles. The van der Waals surface area contributed by atoms with Crippen LogP contribution in [-0.2, 0) is 0 Å². The molecule has 0 aliphatic rings. The fraction of sp³-hybridized carbons (Fsp3) is 0.0909. The molecule has 0 saturated carbocycles. The minimum absolute atomic E-state index is 0.177. The van der Waals surface area contributed by atoms with E-state index in [2.05, 4.69) is 15.9 Å². The summed E-state index contributed by atoms with van der Waals surface area (Å²) in [5.74, 6) is -1.37. The lowest BCUT2D eigenvalue weighted by Crippen LogP contribution is -2.15. The van der Waals surface area contributed by atoms with Gasteiger partial charge in [0.1, 0.15) is 11.6 Å². The Morgan fingerprint density at radius 3 is 2.59 bits per heavy atom. The summed E-state index contributed by atoms with van der Waals surface area (Å²) in [6.07, 6.45) is 0. The monoisotopic (exact) mass is 337 g/mol. The summed E-state index contributed by atoms with van der Waals surface area (Å²) >= 11 is 10.2. The highest BCUT2D eigenvalue weighted by Crippen LogP contribution is 2.35. The Hall–Kier alpha value is -0.490. The summed E-state index contributed by atoms with van der Waals surface area (Å²) in [6, 6.07) is 3.22. The number of hydrogen-bond donors (Lipinski definition) is 1. The Balaban J connectivity index is 2.55. The van der Waals surface area contributed by atoms with E-state index in [1.807, 2.05) is 0 Å². The van der Waals surface area contributed by atoms with Gasteiger partial charge in [0.05, 0.1) is 15.5 Å². The van der Waals surface area contributed by atoms with Gasteiger partial charge in [-0.1, -0.05) is 11.6 Å². The van der Waals surface area contributed by atoms with Gasteiger partial charge in [0, 0.05) is 10.4 Å². The number of hydrogen-bond acceptors (Lipinski definition) is 2. The fourth-order valence-electron chi connectivity index (χ4n) is 1.49. The maximum Gasteiger partial charge on any atom is 0.145 e. The van der Waals surface area contributed by atoms with Gasteiger partial charge < -0.3 is 5.73 Å². The number of nitrogens with two attached hydrogens (primary N) is 1. The van der Waals surface area contributed by atoms with Gasteiger partial charge in [0.25, 0.3) is 0 Å². The largest absolute Gasteiger partial charge is 0.319 e. The minimum Gasteiger partial charge on any atom is -0.319 e. The zero-order chi connectivity index (χ0) is 12.6. The van der Waals surface area contributed by atoms with Crippen LogP contribution in [0.15, 0.2) is 28.1 Å². The Bertz CT molecular complexity index is 558. The molecule has 0 radical (unpaired) electrons. The van der Waals surface area contributed by atoms with E-state index in [0.29, 0.717) is 9.90 Å². The average Bonchev–Trinajstić information content (AvgIpc) is 2.70. The van der Waals surface area contributed by atoms with Crippen molar-refractivity contribution in [2.45, 2.75) is 6.04 Å². The number of rotatable bonds is 2. The third kappa shape index (κ3) is 2.38. The van der Waals surface area contributed by atoms with Gasteiger partial charge in [-0.2, -0.15) is 0 Å². The molecule has 6 heteroatoms. The summed E-state index contributed by atoms with van der Waals surface area (Å²) in [7, 11) is 0. The molecule has 90 valence electrons. The molecule has 1 heterocycles. The molecule has 2 rings (SSSR count). The van der Waals surface area contributed by atoms with E-state index in [0.717, 1.165) is 0 Å². The van der Waals surface area contributed by atoms with Crippen molar-refractivity contribution in [3.63, 3.8) is 0 Å². The molecule has 0 bridgehead atoms. The van der Waals surface area contributed by atoms with Gasteiger partial charge in [0.15, 0.2) is 0 Å². The van der Waals surface area contributed by atoms with E-state index in [1.54, 1.807) is 11.4 Å². The Morgan fingerprint density at radius 2 is 2.00 bits per heavy atom. The van der Waals surface area contributed by atoms with Crippen molar-refractivity contribution in [3.05, 3.63) is 55.1 Å². The van der Waals surface area contributed by atoms with Crippen molar-refractivity contribution in [2.24, 2.45) is 5.73 Å². The SMILES string of the molecule is NC(c1sccc1Cl)c1c(F)ccc(Br)c1F. The number of thiophene rings is 1. The first-order chi connectivity index (χ1) is 8.02. The average molecular weight is 339 g/mol. The van der Waals surface area contributed by atoms with Crippen molar-refractivity contribution >= 4 is 38.9 Å². The van der Waals surface area contributed by atoms with Crippen molar-refractivity contribution in [1.82, 2.24) is 0 Å². The van der Waals surface area contributed by atoms with Crippen LogP contribution in [0.4, 0.5) is 8.78 Å². The Labute approximate surface area is 114 Å². The first-order valence-electron chi connectivity index (χ1n) is 4.64. The predicted molar refractivity (Wildman–Crippen MR) is 69.4 cm³/mol. The van der Waals surface area contributed by atoms with Crippen LogP contribution in [0.5, 0.6) is 0 Å². The Morgan fingerprint density at radius 1 is 1.29 bits per heavy atom.